The molecule has 7 nitrogen and oxygen atoms in total. The molecule has 1 saturated heterocycles. The molecule has 0 bridgehead atoms. The van der Waals surface area contributed by atoms with Gasteiger partial charge in [-0.1, -0.05) is 0 Å². The van der Waals surface area contributed by atoms with Gasteiger partial charge in [-0.2, -0.15) is 0 Å². The van der Waals surface area contributed by atoms with Crippen LogP contribution in [-0.2, 0) is 29.4 Å². The van der Waals surface area contributed by atoms with Gasteiger partial charge in [0.05, 0.1) is 5.39 Å². The predicted octanol–water partition coefficient (Wildman–Crippen LogP) is 1.17. The molecule has 2 aliphatic rings. The topological polar surface area (TPSA) is 67.7 Å². The molecule has 0 spiro atoms. The third-order valence-electron chi connectivity index (χ3n) is 5.36. The maximum absolute atomic E-state index is 13.0. The van der Waals surface area contributed by atoms with Crippen LogP contribution in [0.5, 0.6) is 0 Å². The summed E-state index contributed by atoms with van der Waals surface area (Å²) in [4.78, 5) is 35.9. The Hall–Kier alpha value is -1.93. The molecule has 2 aromatic heterocycles. The highest BCUT2D eigenvalue weighted by Crippen LogP contribution is 2.34. The average molecular weight is 376 g/mol. The van der Waals surface area contributed by atoms with E-state index in [2.05, 4.69) is 4.90 Å². The van der Waals surface area contributed by atoms with E-state index in [1.54, 1.807) is 27.9 Å². The summed E-state index contributed by atoms with van der Waals surface area (Å²) in [6.45, 7) is 2.70. The molecule has 1 amide bonds. The van der Waals surface area contributed by atoms with Crippen LogP contribution in [-0.4, -0.2) is 60.3 Å². The molecule has 8 heteroatoms. The van der Waals surface area contributed by atoms with Crippen LogP contribution in [0.15, 0.2) is 4.79 Å². The van der Waals surface area contributed by atoms with Crippen molar-refractivity contribution >= 4 is 33.4 Å². The molecule has 2 aromatic rings. The Morgan fingerprint density at radius 3 is 2.65 bits per heavy atom. The van der Waals surface area contributed by atoms with Crippen molar-refractivity contribution in [2.75, 3.05) is 44.8 Å². The summed E-state index contributed by atoms with van der Waals surface area (Å²) < 4.78 is 6.61. The number of ether oxygens (including phenoxy) is 1. The fourth-order valence-electron chi connectivity index (χ4n) is 3.93. The van der Waals surface area contributed by atoms with Gasteiger partial charge < -0.3 is 14.5 Å². The lowest BCUT2D eigenvalue weighted by atomic mass is 9.97. The second kappa shape index (κ2) is 7.00. The summed E-state index contributed by atoms with van der Waals surface area (Å²) in [6.07, 6.45) is 4.41. The van der Waals surface area contributed by atoms with Gasteiger partial charge in [0.15, 0.2) is 0 Å². The van der Waals surface area contributed by atoms with Gasteiger partial charge in [-0.05, 0) is 31.2 Å². The fourth-order valence-corrected chi connectivity index (χ4v) is 5.18. The van der Waals surface area contributed by atoms with Crippen LogP contribution in [0.3, 0.4) is 0 Å². The van der Waals surface area contributed by atoms with Crippen LogP contribution in [0, 0.1) is 0 Å². The Kier molecular flexibility index (Phi) is 4.71. The Balaban J connectivity index is 1.63. The summed E-state index contributed by atoms with van der Waals surface area (Å²) in [7, 11) is 3.34. The molecule has 0 atom stereocenters. The molecule has 26 heavy (non-hydrogen) atoms. The highest BCUT2D eigenvalue weighted by molar-refractivity contribution is 7.18. The molecule has 0 saturated carbocycles. The van der Waals surface area contributed by atoms with E-state index in [1.165, 1.54) is 24.0 Å². The second-order valence-electron chi connectivity index (χ2n) is 6.97. The minimum Gasteiger partial charge on any atom is -0.375 e. The van der Waals surface area contributed by atoms with Gasteiger partial charge in [-0.3, -0.25) is 14.2 Å². The molecule has 1 aliphatic carbocycles. The maximum atomic E-state index is 13.0. The van der Waals surface area contributed by atoms with Crippen molar-refractivity contribution in [3.05, 3.63) is 20.8 Å². The summed E-state index contributed by atoms with van der Waals surface area (Å²) in [5, 5.41) is 0.824. The SMILES string of the molecule is COCC(=O)N1CCN(c2nc3sc4c(c3c(=O)n2C)CCCC4)CC1. The molecule has 1 fully saturated rings. The number of anilines is 1. The zero-order valence-corrected chi connectivity index (χ0v) is 16.1. The number of hydrogen-bond donors (Lipinski definition) is 0. The Labute approximate surface area is 156 Å². The average Bonchev–Trinajstić information content (AvgIpc) is 3.03. The number of hydrogen-bond acceptors (Lipinski definition) is 6. The smallest absolute Gasteiger partial charge is 0.263 e. The van der Waals surface area contributed by atoms with Gasteiger partial charge in [0.25, 0.3) is 5.56 Å². The van der Waals surface area contributed by atoms with E-state index < -0.39 is 0 Å². The number of aromatic nitrogens is 2. The summed E-state index contributed by atoms with van der Waals surface area (Å²) in [5.41, 5.74) is 1.29. The number of aryl methyl sites for hydroxylation is 2. The van der Waals surface area contributed by atoms with Crippen molar-refractivity contribution < 1.29 is 9.53 Å². The lowest BCUT2D eigenvalue weighted by Crippen LogP contribution is -2.51. The standard InChI is InChI=1S/C18H24N4O3S/c1-20-17(24)15-12-5-3-4-6-13(12)26-16(15)19-18(20)22-9-7-21(8-10-22)14(23)11-25-2/h3-11H2,1-2H3. The second-order valence-corrected chi connectivity index (χ2v) is 8.05. The van der Waals surface area contributed by atoms with Gasteiger partial charge in [0, 0.05) is 45.2 Å². The van der Waals surface area contributed by atoms with E-state index in [0.29, 0.717) is 32.1 Å². The minimum atomic E-state index is 0.00961. The molecule has 0 N–H and O–H groups in total. The number of fused-ring (bicyclic) bond motifs is 3. The number of methoxy groups -OCH3 is 1. The van der Waals surface area contributed by atoms with E-state index in [1.807, 2.05) is 0 Å². The van der Waals surface area contributed by atoms with Crippen molar-refractivity contribution in [2.24, 2.45) is 7.05 Å². The molecule has 0 unspecified atom stereocenters. The first-order valence-corrected chi connectivity index (χ1v) is 9.94. The van der Waals surface area contributed by atoms with E-state index in [0.717, 1.165) is 29.5 Å². The predicted molar refractivity (Wildman–Crippen MR) is 102 cm³/mol. The lowest BCUT2D eigenvalue weighted by molar-refractivity contribution is -0.135. The number of nitrogens with zero attached hydrogens (tertiary/aromatic N) is 4. The summed E-state index contributed by atoms with van der Waals surface area (Å²) in [5.74, 6) is 0.718. The van der Waals surface area contributed by atoms with Gasteiger partial charge in [0.1, 0.15) is 11.4 Å². The first kappa shape index (κ1) is 17.5. The Bertz CT molecular complexity index is 896. The van der Waals surface area contributed by atoms with E-state index in [4.69, 9.17) is 9.72 Å². The van der Waals surface area contributed by atoms with Crippen LogP contribution >= 0.6 is 11.3 Å². The molecular weight excluding hydrogens is 352 g/mol. The van der Waals surface area contributed by atoms with Crippen molar-refractivity contribution in [2.45, 2.75) is 25.7 Å². The number of piperazine rings is 1. The molecular formula is C18H24N4O3S. The van der Waals surface area contributed by atoms with Crippen LogP contribution < -0.4 is 10.5 Å². The first-order chi connectivity index (χ1) is 12.6. The zero-order chi connectivity index (χ0) is 18.3. The number of thiophene rings is 1. The molecule has 140 valence electrons. The maximum Gasteiger partial charge on any atom is 0.263 e. The zero-order valence-electron chi connectivity index (χ0n) is 15.3. The van der Waals surface area contributed by atoms with E-state index in [-0.39, 0.29) is 18.1 Å². The lowest BCUT2D eigenvalue weighted by Gasteiger charge is -2.35. The van der Waals surface area contributed by atoms with Crippen molar-refractivity contribution in [1.82, 2.24) is 14.5 Å². The number of rotatable bonds is 3. The third kappa shape index (κ3) is 2.91. The molecule has 3 heterocycles. The summed E-state index contributed by atoms with van der Waals surface area (Å²) in [6, 6.07) is 0. The Morgan fingerprint density at radius 2 is 1.92 bits per heavy atom. The van der Waals surface area contributed by atoms with Crippen molar-refractivity contribution in [3.8, 4) is 0 Å². The van der Waals surface area contributed by atoms with Gasteiger partial charge in [0.2, 0.25) is 11.9 Å². The largest absolute Gasteiger partial charge is 0.375 e. The number of carbonyl (C=O) groups is 1. The summed E-state index contributed by atoms with van der Waals surface area (Å²) >= 11 is 1.68. The van der Waals surface area contributed by atoms with Crippen LogP contribution in [0.2, 0.25) is 0 Å². The van der Waals surface area contributed by atoms with Gasteiger partial charge in [-0.25, -0.2) is 4.98 Å². The van der Waals surface area contributed by atoms with Crippen LogP contribution in [0.1, 0.15) is 23.3 Å². The van der Waals surface area contributed by atoms with Gasteiger partial charge in [-0.15, -0.1) is 11.3 Å². The fraction of sp³-hybridized carbons (Fsp3) is 0.611. The third-order valence-corrected chi connectivity index (χ3v) is 6.54. The molecule has 0 radical (unpaired) electrons. The van der Waals surface area contributed by atoms with Gasteiger partial charge >= 0.3 is 0 Å². The van der Waals surface area contributed by atoms with E-state index in [9.17, 15) is 9.59 Å². The molecule has 4 rings (SSSR count). The van der Waals surface area contributed by atoms with Crippen LogP contribution in [0.25, 0.3) is 10.2 Å². The highest BCUT2D eigenvalue weighted by atomic mass is 32.1. The Morgan fingerprint density at radius 1 is 1.19 bits per heavy atom. The number of amides is 1. The monoisotopic (exact) mass is 376 g/mol. The first-order valence-electron chi connectivity index (χ1n) is 9.13. The minimum absolute atomic E-state index is 0.00961. The van der Waals surface area contributed by atoms with E-state index >= 15 is 0 Å². The van der Waals surface area contributed by atoms with Crippen molar-refractivity contribution in [3.63, 3.8) is 0 Å². The molecule has 0 aromatic carbocycles. The molecule has 1 aliphatic heterocycles. The normalized spacial score (nSPS) is 17.6. The number of carbonyl (C=O) groups excluding carboxylic acids is 1. The quantitative estimate of drug-likeness (QED) is 0.804. The van der Waals surface area contributed by atoms with Crippen LogP contribution in [0.4, 0.5) is 5.95 Å². The van der Waals surface area contributed by atoms with Crippen molar-refractivity contribution in [1.29, 1.82) is 0 Å². The highest BCUT2D eigenvalue weighted by Gasteiger charge is 2.26.